The van der Waals surface area contributed by atoms with Gasteiger partial charge in [-0.2, -0.15) is 0 Å². The van der Waals surface area contributed by atoms with Crippen molar-refractivity contribution in [3.05, 3.63) is 34.3 Å². The van der Waals surface area contributed by atoms with E-state index >= 15 is 0 Å². The number of hydrogen-bond acceptors (Lipinski definition) is 1. The van der Waals surface area contributed by atoms with E-state index in [9.17, 15) is 4.79 Å². The monoisotopic (exact) mass is 244 g/mol. The Morgan fingerprint density at radius 1 is 1.58 bits per heavy atom. The molecule has 12 heavy (non-hydrogen) atoms. The molecule has 0 heterocycles. The van der Waals surface area contributed by atoms with Gasteiger partial charge in [-0.15, -0.1) is 0 Å². The summed E-state index contributed by atoms with van der Waals surface area (Å²) in [5, 5.41) is 9.86. The normalized spacial score (nSPS) is 9.83. The average molecular weight is 245 g/mol. The van der Waals surface area contributed by atoms with Gasteiger partial charge in [-0.3, -0.25) is 0 Å². The molecule has 4 heteroatoms. The van der Waals surface area contributed by atoms with Crippen molar-refractivity contribution in [1.82, 2.24) is 0 Å². The average Bonchev–Trinajstić information content (AvgIpc) is 2.04. The van der Waals surface area contributed by atoms with Gasteiger partial charge in [0, 0.05) is 0 Å². The molecule has 2 nitrogen and oxygen atoms in total. The number of carboxylic acids is 1. The van der Waals surface area contributed by atoms with Crippen LogP contribution >= 0.6 is 11.6 Å². The first-order valence-corrected chi connectivity index (χ1v) is 4.98. The van der Waals surface area contributed by atoms with Gasteiger partial charge in [0.25, 0.3) is 0 Å². The van der Waals surface area contributed by atoms with Gasteiger partial charge in [-0.05, 0) is 0 Å². The molecule has 1 rings (SSSR count). The molecule has 0 saturated carbocycles. The third kappa shape index (κ3) is 2.02. The predicted molar refractivity (Wildman–Crippen MR) is 47.9 cm³/mol. The topological polar surface area (TPSA) is 37.3 Å². The number of rotatable bonds is 2. The van der Waals surface area contributed by atoms with Gasteiger partial charge in [0.2, 0.25) is 0 Å². The number of halogens is 1. The van der Waals surface area contributed by atoms with E-state index in [-0.39, 0.29) is 5.56 Å². The molecule has 62 valence electrons. The van der Waals surface area contributed by atoms with E-state index in [1.807, 2.05) is 0 Å². The maximum absolute atomic E-state index is 10.7. The number of hydrogen-bond donors (Lipinski definition) is 1. The van der Waals surface area contributed by atoms with Gasteiger partial charge in [-0.25, -0.2) is 0 Å². The van der Waals surface area contributed by atoms with Gasteiger partial charge in [0.05, 0.1) is 0 Å². The van der Waals surface area contributed by atoms with Crippen molar-refractivity contribution in [1.29, 1.82) is 0 Å². The van der Waals surface area contributed by atoms with Gasteiger partial charge in [0.15, 0.2) is 0 Å². The fraction of sp³-hybridized carbons (Fsp3) is 0.125. The van der Waals surface area contributed by atoms with Crippen LogP contribution in [0.1, 0.15) is 15.9 Å². The second-order valence-corrected chi connectivity index (χ2v) is 3.36. The van der Waals surface area contributed by atoms with Crippen molar-refractivity contribution < 1.29 is 9.90 Å². The molecule has 0 aromatic heterocycles. The molecule has 0 aliphatic carbocycles. The standard InChI is InChI=1S/C8H6AsClO2/c9-4-5-1-2-6(10)3-7(5)8(11)12/h1-3H,4H2,(H,11,12). The molecule has 0 fully saturated rings. The Morgan fingerprint density at radius 3 is 2.75 bits per heavy atom. The Labute approximate surface area is 84.0 Å². The Morgan fingerprint density at radius 2 is 2.25 bits per heavy atom. The van der Waals surface area contributed by atoms with Crippen molar-refractivity contribution in [2.45, 2.75) is 5.21 Å². The molecule has 0 aliphatic rings. The van der Waals surface area contributed by atoms with E-state index in [1.54, 1.807) is 12.1 Å². The molecule has 0 saturated heterocycles. The number of benzene rings is 1. The maximum atomic E-state index is 10.7. The molecule has 1 N–H and O–H groups in total. The van der Waals surface area contributed by atoms with Crippen LogP contribution in [0.3, 0.4) is 0 Å². The van der Waals surface area contributed by atoms with Crippen LogP contribution in [0.4, 0.5) is 0 Å². The molecule has 0 amide bonds. The van der Waals surface area contributed by atoms with E-state index in [2.05, 4.69) is 16.9 Å². The minimum absolute atomic E-state index is 0.281. The molecule has 0 spiro atoms. The molecular formula is C8H6AsClO2. The molecule has 0 bridgehead atoms. The van der Waals surface area contributed by atoms with Crippen LogP contribution in [0, 0.1) is 0 Å². The summed E-state index contributed by atoms with van der Waals surface area (Å²) in [5.74, 6) is -0.932. The Bertz CT molecular complexity index is 312. The van der Waals surface area contributed by atoms with Crippen LogP contribution in [-0.2, 0) is 5.21 Å². The SMILES string of the molecule is O=C(O)c1cc(Cl)ccc1C[As]. The van der Waals surface area contributed by atoms with Gasteiger partial charge < -0.3 is 0 Å². The summed E-state index contributed by atoms with van der Waals surface area (Å²) in [6.45, 7) is 0. The van der Waals surface area contributed by atoms with E-state index in [0.29, 0.717) is 10.2 Å². The van der Waals surface area contributed by atoms with Crippen LogP contribution in [0.15, 0.2) is 18.2 Å². The Kier molecular flexibility index (Phi) is 3.19. The van der Waals surface area contributed by atoms with Crippen LogP contribution in [0.5, 0.6) is 0 Å². The summed E-state index contributed by atoms with van der Waals surface area (Å²) in [6.07, 6.45) is 0. The van der Waals surface area contributed by atoms with E-state index < -0.39 is 5.97 Å². The zero-order valence-electron chi connectivity index (χ0n) is 6.12. The van der Waals surface area contributed by atoms with Crippen molar-refractivity contribution in [2.75, 3.05) is 0 Å². The molecule has 1 aromatic carbocycles. The van der Waals surface area contributed by atoms with Crippen LogP contribution in [0.2, 0.25) is 5.02 Å². The molecular weight excluding hydrogens is 238 g/mol. The third-order valence-electron chi connectivity index (χ3n) is 1.47. The summed E-state index contributed by atoms with van der Waals surface area (Å²) in [5.41, 5.74) is 1.06. The molecule has 0 unspecified atom stereocenters. The predicted octanol–water partition coefficient (Wildman–Crippen LogP) is 1.71. The van der Waals surface area contributed by atoms with E-state index in [1.165, 1.54) is 6.07 Å². The van der Waals surface area contributed by atoms with Crippen LogP contribution in [0.25, 0.3) is 0 Å². The third-order valence-corrected chi connectivity index (χ3v) is 2.42. The first-order chi connectivity index (χ1) is 5.65. The van der Waals surface area contributed by atoms with Crippen molar-refractivity contribution in [3.63, 3.8) is 0 Å². The summed E-state index contributed by atoms with van der Waals surface area (Å²) < 4.78 is 0. The van der Waals surface area contributed by atoms with Crippen molar-refractivity contribution in [3.8, 4) is 0 Å². The first-order valence-electron chi connectivity index (χ1n) is 3.27. The second kappa shape index (κ2) is 3.97. The summed E-state index contributed by atoms with van der Waals surface area (Å²) in [7, 11) is 0. The number of carbonyl (C=O) groups is 1. The Hall–Kier alpha value is -0.462. The first kappa shape index (κ1) is 9.63. The summed E-state index contributed by atoms with van der Waals surface area (Å²) >= 11 is 7.99. The van der Waals surface area contributed by atoms with Gasteiger partial charge in [0.1, 0.15) is 0 Å². The molecule has 0 atom stereocenters. The summed E-state index contributed by atoms with van der Waals surface area (Å²) in [6, 6.07) is 4.88. The number of carboxylic acid groups (broad SMARTS) is 1. The zero-order chi connectivity index (χ0) is 9.14. The second-order valence-electron chi connectivity index (χ2n) is 2.26. The van der Waals surface area contributed by atoms with E-state index in [0.717, 1.165) is 5.56 Å². The fourth-order valence-electron chi connectivity index (χ4n) is 0.886. The molecule has 1 aromatic rings. The van der Waals surface area contributed by atoms with E-state index in [4.69, 9.17) is 16.7 Å². The molecule has 0 aliphatic heterocycles. The van der Waals surface area contributed by atoms with Crippen molar-refractivity contribution in [2.24, 2.45) is 0 Å². The summed E-state index contributed by atoms with van der Waals surface area (Å²) in [4.78, 5) is 10.7. The quantitative estimate of drug-likeness (QED) is 0.804. The molecule has 2 radical (unpaired) electrons. The zero-order valence-corrected chi connectivity index (χ0v) is 8.75. The van der Waals surface area contributed by atoms with Crippen LogP contribution < -0.4 is 0 Å². The Balaban J connectivity index is 3.21. The van der Waals surface area contributed by atoms with Crippen molar-refractivity contribution >= 4 is 34.4 Å². The van der Waals surface area contributed by atoms with Gasteiger partial charge >= 0.3 is 83.9 Å². The number of aromatic carboxylic acids is 1. The fourth-order valence-corrected chi connectivity index (χ4v) is 1.64. The van der Waals surface area contributed by atoms with Gasteiger partial charge in [-0.1, -0.05) is 0 Å². The minimum atomic E-state index is -0.932. The van der Waals surface area contributed by atoms with Crippen LogP contribution in [-0.4, -0.2) is 27.9 Å².